The first-order chi connectivity index (χ1) is 10.3. The van der Waals surface area contributed by atoms with Crippen molar-refractivity contribution in [3.05, 3.63) is 34.4 Å². The Balaban J connectivity index is 3.57. The first-order valence-corrected chi connectivity index (χ1v) is 5.94. The molecule has 0 saturated heterocycles. The smallest absolute Gasteiger partial charge is 0.336 e. The van der Waals surface area contributed by atoms with Gasteiger partial charge >= 0.3 is 11.9 Å². The molecule has 10 nitrogen and oxygen atoms in total. The van der Waals surface area contributed by atoms with Crippen LogP contribution < -0.4 is 22.1 Å². The lowest BCUT2D eigenvalue weighted by Crippen LogP contribution is -2.33. The quantitative estimate of drug-likeness (QED) is 0.338. The maximum absolute atomic E-state index is 11.8. The van der Waals surface area contributed by atoms with Crippen molar-refractivity contribution in [2.24, 2.45) is 11.5 Å². The van der Waals surface area contributed by atoms with Crippen LogP contribution in [-0.2, 0) is 0 Å². The zero-order valence-corrected chi connectivity index (χ0v) is 11.3. The summed E-state index contributed by atoms with van der Waals surface area (Å²) in [5.74, 6) is -4.73. The van der Waals surface area contributed by atoms with E-state index < -0.39 is 46.0 Å². The topological polar surface area (TPSA) is 185 Å². The number of hydrogen-bond donors (Lipinski definition) is 6. The fourth-order valence-electron chi connectivity index (χ4n) is 1.71. The van der Waals surface area contributed by atoms with Gasteiger partial charge in [0.2, 0.25) is 0 Å². The van der Waals surface area contributed by atoms with Crippen molar-refractivity contribution in [1.29, 1.82) is 0 Å². The van der Waals surface area contributed by atoms with Gasteiger partial charge in [0.1, 0.15) is 0 Å². The van der Waals surface area contributed by atoms with Crippen LogP contribution in [0.2, 0.25) is 0 Å². The molecule has 0 bridgehead atoms. The van der Waals surface area contributed by atoms with Crippen molar-refractivity contribution in [2.45, 2.75) is 0 Å². The molecule has 0 radical (unpaired) electrons. The molecule has 0 saturated carbocycles. The average Bonchev–Trinajstić information content (AvgIpc) is 2.46. The Labute approximate surface area is 124 Å². The van der Waals surface area contributed by atoms with E-state index in [4.69, 9.17) is 21.7 Å². The molecule has 22 heavy (non-hydrogen) atoms. The molecule has 0 atom stereocenters. The monoisotopic (exact) mass is 310 g/mol. The molecule has 118 valence electrons. The minimum absolute atomic E-state index is 0.268. The zero-order valence-electron chi connectivity index (χ0n) is 11.3. The second-order valence-electron chi connectivity index (χ2n) is 3.97. The number of nitrogens with one attached hydrogen (secondary N) is 2. The highest BCUT2D eigenvalue weighted by molar-refractivity contribution is 6.11. The number of hydrogen-bond acceptors (Lipinski definition) is 6. The molecule has 1 aromatic carbocycles. The third-order valence-corrected chi connectivity index (χ3v) is 2.63. The number of benzene rings is 1. The van der Waals surface area contributed by atoms with Gasteiger partial charge in [-0.25, -0.2) is 9.59 Å². The number of amides is 2. The number of carbonyl (C=O) groups excluding carboxylic acids is 2. The number of carbonyl (C=O) groups is 4. The molecule has 1 rings (SSSR count). The lowest BCUT2D eigenvalue weighted by atomic mass is 9.97. The van der Waals surface area contributed by atoms with Gasteiger partial charge in [-0.1, -0.05) is 0 Å². The van der Waals surface area contributed by atoms with E-state index in [0.717, 1.165) is 12.1 Å². The fourth-order valence-corrected chi connectivity index (χ4v) is 1.71. The minimum Gasteiger partial charge on any atom is -0.478 e. The Morgan fingerprint density at radius 1 is 0.773 bits per heavy atom. The normalized spacial score (nSPS) is 9.91. The van der Waals surface area contributed by atoms with Crippen LogP contribution in [0.3, 0.4) is 0 Å². The molecule has 0 aliphatic rings. The average molecular weight is 310 g/mol. The van der Waals surface area contributed by atoms with E-state index in [1.165, 1.54) is 0 Å². The predicted octanol–water partition coefficient (Wildman–Crippen LogP) is -1.62. The van der Waals surface area contributed by atoms with Crippen LogP contribution >= 0.6 is 0 Å². The van der Waals surface area contributed by atoms with Gasteiger partial charge in [-0.05, 0) is 12.1 Å². The van der Waals surface area contributed by atoms with Gasteiger partial charge < -0.3 is 32.3 Å². The summed E-state index contributed by atoms with van der Waals surface area (Å²) in [4.78, 5) is 46.0. The molecule has 8 N–H and O–H groups in total. The number of aromatic carboxylic acids is 2. The van der Waals surface area contributed by atoms with Gasteiger partial charge in [-0.2, -0.15) is 0 Å². The van der Waals surface area contributed by atoms with Crippen LogP contribution in [0.15, 0.2) is 12.1 Å². The van der Waals surface area contributed by atoms with Crippen molar-refractivity contribution in [1.82, 2.24) is 10.6 Å². The van der Waals surface area contributed by atoms with E-state index in [0.29, 0.717) is 0 Å². The predicted molar refractivity (Wildman–Crippen MR) is 73.4 cm³/mol. The third-order valence-electron chi connectivity index (χ3n) is 2.63. The summed E-state index contributed by atoms with van der Waals surface area (Å²) in [5, 5.41) is 22.6. The summed E-state index contributed by atoms with van der Waals surface area (Å²) < 4.78 is 0. The Hall–Kier alpha value is -2.98. The van der Waals surface area contributed by atoms with Crippen molar-refractivity contribution in [3.63, 3.8) is 0 Å². The van der Waals surface area contributed by atoms with Gasteiger partial charge in [0.25, 0.3) is 11.8 Å². The van der Waals surface area contributed by atoms with Crippen LogP contribution in [0.1, 0.15) is 41.4 Å². The summed E-state index contributed by atoms with van der Waals surface area (Å²) in [6, 6.07) is 1.62. The lowest BCUT2D eigenvalue weighted by Gasteiger charge is -2.12. The van der Waals surface area contributed by atoms with Crippen molar-refractivity contribution < 1.29 is 29.4 Å². The molecule has 0 unspecified atom stereocenters. The van der Waals surface area contributed by atoms with Crippen molar-refractivity contribution >= 4 is 23.8 Å². The Morgan fingerprint density at radius 3 is 1.32 bits per heavy atom. The summed E-state index contributed by atoms with van der Waals surface area (Å²) in [6.45, 7) is -0.536. The third kappa shape index (κ3) is 3.56. The molecule has 0 fully saturated rings. The summed E-state index contributed by atoms with van der Waals surface area (Å²) in [6.07, 6.45) is 0. The Morgan fingerprint density at radius 2 is 1.09 bits per heavy atom. The molecule has 2 amide bonds. The van der Waals surface area contributed by atoms with E-state index in [9.17, 15) is 19.2 Å². The molecule has 0 spiro atoms. The highest BCUT2D eigenvalue weighted by Gasteiger charge is 2.25. The maximum Gasteiger partial charge on any atom is 0.336 e. The van der Waals surface area contributed by atoms with Crippen molar-refractivity contribution in [2.75, 3.05) is 13.3 Å². The number of carboxylic acids is 2. The van der Waals surface area contributed by atoms with Gasteiger partial charge in [0.05, 0.1) is 35.6 Å². The lowest BCUT2D eigenvalue weighted by molar-refractivity contribution is 0.0675. The SMILES string of the molecule is NCNC(=O)c1cc(C(=O)O)c(C(=O)NCN)cc1C(=O)O. The molecular formula is C12H14N4O6. The molecule has 0 aromatic heterocycles. The van der Waals surface area contributed by atoms with E-state index in [2.05, 4.69) is 10.6 Å². The Kier molecular flexibility index (Phi) is 5.55. The minimum atomic E-state index is -1.50. The number of carboxylic acid groups (broad SMARTS) is 2. The van der Waals surface area contributed by atoms with Gasteiger partial charge in [-0.15, -0.1) is 0 Å². The highest BCUT2D eigenvalue weighted by atomic mass is 16.4. The second-order valence-corrected chi connectivity index (χ2v) is 3.97. The van der Waals surface area contributed by atoms with Gasteiger partial charge in [-0.3, -0.25) is 9.59 Å². The first kappa shape index (κ1) is 17.1. The van der Waals surface area contributed by atoms with Crippen LogP contribution in [-0.4, -0.2) is 47.3 Å². The number of nitrogens with two attached hydrogens (primary N) is 2. The molecule has 0 aliphatic carbocycles. The standard InChI is InChI=1S/C12H14N4O6/c13-3-15-9(17)5-1-7(11(19)20)6(10(18)16-4-14)2-8(5)12(21)22/h1-2H,3-4,13-14H2,(H,15,17)(H,16,18)(H,19,20)(H,21,22). The van der Waals surface area contributed by atoms with E-state index >= 15 is 0 Å². The largest absolute Gasteiger partial charge is 0.478 e. The molecule has 0 aliphatic heterocycles. The van der Waals surface area contributed by atoms with E-state index in [1.807, 2.05) is 0 Å². The van der Waals surface area contributed by atoms with Gasteiger partial charge in [0.15, 0.2) is 0 Å². The molecule has 1 aromatic rings. The first-order valence-electron chi connectivity index (χ1n) is 5.94. The van der Waals surface area contributed by atoms with E-state index in [1.54, 1.807) is 0 Å². The number of rotatable bonds is 6. The maximum atomic E-state index is 11.8. The van der Waals surface area contributed by atoms with Crippen LogP contribution in [0.4, 0.5) is 0 Å². The van der Waals surface area contributed by atoms with Crippen LogP contribution in [0, 0.1) is 0 Å². The Bertz CT molecular complexity index is 587. The second kappa shape index (κ2) is 7.15. The highest BCUT2D eigenvalue weighted by Crippen LogP contribution is 2.18. The zero-order chi connectivity index (χ0) is 16.9. The summed E-state index contributed by atoms with van der Waals surface area (Å²) in [5.41, 5.74) is 8.38. The van der Waals surface area contributed by atoms with Crippen LogP contribution in [0.25, 0.3) is 0 Å². The fraction of sp³-hybridized carbons (Fsp3) is 0.167. The van der Waals surface area contributed by atoms with Crippen molar-refractivity contribution in [3.8, 4) is 0 Å². The van der Waals surface area contributed by atoms with E-state index in [-0.39, 0.29) is 13.3 Å². The van der Waals surface area contributed by atoms with Gasteiger partial charge in [0, 0.05) is 0 Å². The van der Waals surface area contributed by atoms with Crippen LogP contribution in [0.5, 0.6) is 0 Å². The molecule has 0 heterocycles. The molecular weight excluding hydrogens is 296 g/mol. The summed E-state index contributed by atoms with van der Waals surface area (Å²) >= 11 is 0. The molecule has 10 heteroatoms. The summed E-state index contributed by atoms with van der Waals surface area (Å²) in [7, 11) is 0.